The van der Waals surface area contributed by atoms with Crippen molar-refractivity contribution < 1.29 is 18.0 Å². The van der Waals surface area contributed by atoms with Gasteiger partial charge in [0.15, 0.2) is 5.82 Å². The van der Waals surface area contributed by atoms with Gasteiger partial charge < -0.3 is 9.88 Å². The lowest BCUT2D eigenvalue weighted by Crippen LogP contribution is -2.12. The quantitative estimate of drug-likeness (QED) is 0.610. The minimum Gasteiger partial charge on any atom is -0.346 e. The molecule has 0 amide bonds. The maximum Gasteiger partial charge on any atom is 0.225 e. The lowest BCUT2D eigenvalue weighted by molar-refractivity contribution is 0.00898. The van der Waals surface area contributed by atoms with Crippen LogP contribution in [-0.4, -0.2) is 25.9 Å². The van der Waals surface area contributed by atoms with E-state index in [0.717, 1.165) is 0 Å². The van der Waals surface area contributed by atoms with E-state index in [2.05, 4.69) is 30.6 Å². The highest BCUT2D eigenvalue weighted by Gasteiger charge is 2.15. The van der Waals surface area contributed by atoms with Crippen LogP contribution in [0.3, 0.4) is 0 Å². The summed E-state index contributed by atoms with van der Waals surface area (Å²) in [5.74, 6) is -0.870. The zero-order chi connectivity index (χ0) is 19.4. The zero-order valence-corrected chi connectivity index (χ0v) is 14.5. The van der Waals surface area contributed by atoms with E-state index in [9.17, 15) is 13.2 Å². The molecule has 0 saturated heterocycles. The number of para-hydroxylation sites is 1. The second kappa shape index (κ2) is 8.04. The van der Waals surface area contributed by atoms with Crippen LogP contribution in [-0.2, 0) is 4.84 Å². The van der Waals surface area contributed by atoms with Gasteiger partial charge in [0.25, 0.3) is 0 Å². The summed E-state index contributed by atoms with van der Waals surface area (Å²) in [6.45, 7) is 3.01. The van der Waals surface area contributed by atoms with Gasteiger partial charge in [-0.3, -0.25) is 0 Å². The molecule has 7 nitrogen and oxygen atoms in total. The molecule has 2 atom stereocenters. The number of benzene rings is 1. The molecule has 0 saturated carbocycles. The molecule has 0 aliphatic heterocycles. The predicted molar refractivity (Wildman–Crippen MR) is 92.8 cm³/mol. The van der Waals surface area contributed by atoms with Gasteiger partial charge in [-0.25, -0.2) is 33.5 Å². The van der Waals surface area contributed by atoms with Gasteiger partial charge in [0, 0.05) is 18.5 Å². The third-order valence-electron chi connectivity index (χ3n) is 3.57. The third kappa shape index (κ3) is 4.53. The molecule has 0 fully saturated rings. The van der Waals surface area contributed by atoms with Crippen molar-refractivity contribution in [1.82, 2.24) is 19.5 Å². The van der Waals surface area contributed by atoms with Gasteiger partial charge in [-0.2, -0.15) is 4.98 Å². The number of halogens is 3. The van der Waals surface area contributed by atoms with Crippen molar-refractivity contribution in [2.45, 2.75) is 26.2 Å². The van der Waals surface area contributed by atoms with Crippen molar-refractivity contribution >= 4 is 11.8 Å². The van der Waals surface area contributed by atoms with Crippen molar-refractivity contribution in [3.8, 4) is 5.69 Å². The molecule has 10 heteroatoms. The Hall–Kier alpha value is -3.14. The van der Waals surface area contributed by atoms with Crippen molar-refractivity contribution in [2.24, 2.45) is 0 Å². The summed E-state index contributed by atoms with van der Waals surface area (Å²) in [5.41, 5.74) is 2.68. The number of aromatic nitrogens is 4. The van der Waals surface area contributed by atoms with Gasteiger partial charge in [0.05, 0.1) is 18.1 Å². The second-order valence-electron chi connectivity index (χ2n) is 5.67. The van der Waals surface area contributed by atoms with E-state index >= 15 is 0 Å². The molecule has 3 rings (SSSR count). The van der Waals surface area contributed by atoms with E-state index < -0.39 is 18.0 Å². The van der Waals surface area contributed by atoms with Crippen molar-refractivity contribution in [3.63, 3.8) is 0 Å². The minimum absolute atomic E-state index is 0.205. The van der Waals surface area contributed by atoms with E-state index in [1.54, 1.807) is 6.92 Å². The molecule has 2 aromatic heterocycles. The maximum atomic E-state index is 13.9. The van der Waals surface area contributed by atoms with Crippen molar-refractivity contribution in [1.29, 1.82) is 0 Å². The number of hydrogen-bond acceptors (Lipinski definition) is 6. The lowest BCUT2D eigenvalue weighted by atomic mass is 10.2. The van der Waals surface area contributed by atoms with E-state index in [1.807, 2.05) is 0 Å². The van der Waals surface area contributed by atoms with E-state index in [1.165, 1.54) is 54.5 Å². The molecule has 0 radical (unpaired) electrons. The van der Waals surface area contributed by atoms with Crippen LogP contribution in [0.4, 0.5) is 24.9 Å². The summed E-state index contributed by atoms with van der Waals surface area (Å²) in [7, 11) is 0. The summed E-state index contributed by atoms with van der Waals surface area (Å²) in [4.78, 5) is 17.0. The van der Waals surface area contributed by atoms with Crippen LogP contribution in [0.25, 0.3) is 5.69 Å². The van der Waals surface area contributed by atoms with Gasteiger partial charge in [-0.15, -0.1) is 0 Å². The molecular formula is C17H17F3N6O. The van der Waals surface area contributed by atoms with Gasteiger partial charge in [-0.1, -0.05) is 6.07 Å². The predicted octanol–water partition coefficient (Wildman–Crippen LogP) is 3.77. The summed E-state index contributed by atoms with van der Waals surface area (Å²) < 4.78 is 41.8. The largest absolute Gasteiger partial charge is 0.346 e. The van der Waals surface area contributed by atoms with Crippen LogP contribution in [0, 0.1) is 11.6 Å². The van der Waals surface area contributed by atoms with Crippen molar-refractivity contribution in [3.05, 3.63) is 60.3 Å². The first-order valence-electron chi connectivity index (χ1n) is 8.07. The molecule has 0 unspecified atom stereocenters. The Morgan fingerprint density at radius 3 is 2.56 bits per heavy atom. The van der Waals surface area contributed by atoms with Gasteiger partial charge >= 0.3 is 0 Å². The summed E-state index contributed by atoms with van der Waals surface area (Å²) in [5, 5.41) is 3.01. The number of alkyl halides is 1. The highest BCUT2D eigenvalue weighted by molar-refractivity contribution is 5.40. The van der Waals surface area contributed by atoms with Gasteiger partial charge in [-0.05, 0) is 26.0 Å². The highest BCUT2D eigenvalue weighted by Crippen LogP contribution is 2.21. The van der Waals surface area contributed by atoms with Gasteiger partial charge in [0.1, 0.15) is 17.3 Å². The van der Waals surface area contributed by atoms with E-state index in [4.69, 9.17) is 0 Å². The average molecular weight is 378 g/mol. The number of anilines is 2. The fourth-order valence-corrected chi connectivity index (χ4v) is 2.31. The fourth-order valence-electron chi connectivity index (χ4n) is 2.31. The Morgan fingerprint density at radius 1 is 1.11 bits per heavy atom. The third-order valence-corrected chi connectivity index (χ3v) is 3.57. The van der Waals surface area contributed by atoms with E-state index in [-0.39, 0.29) is 23.5 Å². The molecule has 0 aliphatic rings. The molecule has 2 N–H and O–H groups in total. The molecule has 0 spiro atoms. The van der Waals surface area contributed by atoms with Gasteiger partial charge in [0.2, 0.25) is 12.3 Å². The number of hydrogen-bond donors (Lipinski definition) is 2. The van der Waals surface area contributed by atoms with Crippen LogP contribution in [0.2, 0.25) is 0 Å². The summed E-state index contributed by atoms with van der Waals surface area (Å²) in [6, 6.07) is 4.78. The molecule has 1 aromatic carbocycles. The number of rotatable bonds is 7. The van der Waals surface area contributed by atoms with Crippen LogP contribution in [0.15, 0.2) is 43.0 Å². The van der Waals surface area contributed by atoms with Crippen LogP contribution >= 0.6 is 0 Å². The first-order chi connectivity index (χ1) is 12.9. The zero-order valence-electron chi connectivity index (χ0n) is 14.5. The molecule has 3 aromatic rings. The lowest BCUT2D eigenvalue weighted by Gasteiger charge is -2.13. The highest BCUT2D eigenvalue weighted by atomic mass is 19.1. The topological polar surface area (TPSA) is 76.9 Å². The summed E-state index contributed by atoms with van der Waals surface area (Å²) >= 11 is 0. The first kappa shape index (κ1) is 18.6. The molecule has 0 aliphatic carbocycles. The smallest absolute Gasteiger partial charge is 0.225 e. The second-order valence-corrected chi connectivity index (χ2v) is 5.67. The number of nitrogens with zero attached hydrogens (tertiary/aromatic N) is 4. The van der Waals surface area contributed by atoms with E-state index in [0.29, 0.717) is 5.69 Å². The Morgan fingerprint density at radius 2 is 1.85 bits per heavy atom. The SMILES string of the molecule is C[C@H](F)ONc1ccnc(N[C@@H](C)c2cn(-c3c(F)cccc3F)cn2)n1. The Bertz CT molecular complexity index is 897. The Balaban J connectivity index is 1.73. The fraction of sp³-hybridized carbons (Fsp3) is 0.235. The van der Waals surface area contributed by atoms with Crippen LogP contribution in [0.5, 0.6) is 0 Å². The minimum atomic E-state index is -1.50. The normalized spacial score (nSPS) is 13.2. The Labute approximate surface area is 153 Å². The van der Waals surface area contributed by atoms with Crippen LogP contribution in [0.1, 0.15) is 25.6 Å². The monoisotopic (exact) mass is 378 g/mol. The summed E-state index contributed by atoms with van der Waals surface area (Å²) in [6.07, 6.45) is 2.79. The number of imidazole rings is 1. The Kier molecular flexibility index (Phi) is 5.55. The molecular weight excluding hydrogens is 361 g/mol. The average Bonchev–Trinajstić information content (AvgIpc) is 3.10. The standard InChI is InChI=1S/C17H17F3N6O/c1-10(23-17-21-7-6-15(24-17)25-27-11(2)18)14-8-26(9-22-14)16-12(19)4-3-5-13(16)20/h3-11H,1-2H3,(H2,21,23,24,25)/t10-,11+/m0/s1. The van der Waals surface area contributed by atoms with Crippen molar-refractivity contribution in [2.75, 3.05) is 10.8 Å². The molecule has 0 bridgehead atoms. The number of nitrogens with one attached hydrogen (secondary N) is 2. The first-order valence-corrected chi connectivity index (χ1v) is 8.07. The molecule has 142 valence electrons. The maximum absolute atomic E-state index is 13.9. The molecule has 27 heavy (non-hydrogen) atoms. The molecule has 2 heterocycles. The van der Waals surface area contributed by atoms with Crippen LogP contribution < -0.4 is 10.8 Å².